The van der Waals surface area contributed by atoms with Gasteiger partial charge in [-0.25, -0.2) is 0 Å². The summed E-state index contributed by atoms with van der Waals surface area (Å²) >= 11 is 0. The Morgan fingerprint density at radius 1 is 1.00 bits per heavy atom. The van der Waals surface area contributed by atoms with Crippen LogP contribution in [0, 0.1) is 5.92 Å². The van der Waals surface area contributed by atoms with Gasteiger partial charge in [0.05, 0.1) is 24.1 Å². The first kappa shape index (κ1) is 26.5. The van der Waals surface area contributed by atoms with E-state index in [2.05, 4.69) is 0 Å². The molecule has 3 aromatic rings. The predicted octanol–water partition coefficient (Wildman–Crippen LogP) is 6.57. The number of carboxylic acid groups (broad SMARTS) is 1. The topological polar surface area (TPSA) is 59.0 Å². The van der Waals surface area contributed by atoms with Crippen molar-refractivity contribution in [3.8, 4) is 11.5 Å². The molecule has 8 heteroatoms. The Kier molecular flexibility index (Phi) is 8.38. The molecule has 0 radical (unpaired) electrons. The molecule has 37 heavy (non-hydrogen) atoms. The molecule has 1 aliphatic rings. The van der Waals surface area contributed by atoms with Gasteiger partial charge in [0, 0.05) is 6.54 Å². The molecule has 0 saturated carbocycles. The molecule has 1 aliphatic heterocycles. The van der Waals surface area contributed by atoms with E-state index in [1.54, 1.807) is 18.2 Å². The van der Waals surface area contributed by atoms with Crippen molar-refractivity contribution in [1.82, 2.24) is 4.90 Å². The van der Waals surface area contributed by atoms with E-state index < -0.39 is 29.7 Å². The number of carboxylic acids is 1. The molecule has 196 valence electrons. The van der Waals surface area contributed by atoms with Crippen molar-refractivity contribution in [3.63, 3.8) is 0 Å². The van der Waals surface area contributed by atoms with E-state index in [-0.39, 0.29) is 6.54 Å². The van der Waals surface area contributed by atoms with Crippen LogP contribution in [0.2, 0.25) is 0 Å². The summed E-state index contributed by atoms with van der Waals surface area (Å²) in [6.07, 6.45) is -3.31. The van der Waals surface area contributed by atoms with Crippen LogP contribution in [-0.2, 0) is 17.6 Å². The summed E-state index contributed by atoms with van der Waals surface area (Å²) in [7, 11) is 0. The number of hydrogen-bond donors (Lipinski definition) is 1. The Labute approximate surface area is 214 Å². The third-order valence-corrected chi connectivity index (χ3v) is 6.52. The normalized spacial score (nSPS) is 17.2. The van der Waals surface area contributed by atoms with Crippen LogP contribution >= 0.6 is 0 Å². The number of rotatable bonds is 9. The lowest BCUT2D eigenvalue weighted by molar-refractivity contribution is -0.143. The average Bonchev–Trinajstić information content (AvgIpc) is 2.89. The Balaban J connectivity index is 1.72. The highest BCUT2D eigenvalue weighted by Crippen LogP contribution is 2.39. The van der Waals surface area contributed by atoms with Gasteiger partial charge >= 0.3 is 12.1 Å². The summed E-state index contributed by atoms with van der Waals surface area (Å²) in [5, 5.41) is 9.62. The van der Waals surface area contributed by atoms with Crippen molar-refractivity contribution in [3.05, 3.63) is 95.1 Å². The number of halogens is 3. The molecular formula is C29H30F3NO4. The molecular weight excluding hydrogens is 483 g/mol. The van der Waals surface area contributed by atoms with Gasteiger partial charge in [0.15, 0.2) is 11.5 Å². The SMILES string of the molecule is CCOc1cc(C(c2cccc(C(F)(F)F)c2)N2CCCC(C(=O)O)C2)ccc1OCc1ccccc1. The standard InChI is InChI=1S/C29H30F3NO4/c1-2-36-26-17-22(13-14-25(26)37-19-20-8-4-3-5-9-20)27(33-15-7-11-23(18-33)28(34)35)21-10-6-12-24(16-21)29(30,31)32/h3-6,8-10,12-14,16-17,23,27H,2,7,11,15,18-19H2,1H3,(H,34,35). The molecule has 0 bridgehead atoms. The van der Waals surface area contributed by atoms with Crippen molar-refractivity contribution in [2.45, 2.75) is 38.6 Å². The maximum Gasteiger partial charge on any atom is 0.416 e. The van der Waals surface area contributed by atoms with Crippen molar-refractivity contribution < 1.29 is 32.5 Å². The van der Waals surface area contributed by atoms with Crippen molar-refractivity contribution in [2.75, 3.05) is 19.7 Å². The Hall–Kier alpha value is -3.52. The molecule has 0 aliphatic carbocycles. The van der Waals surface area contributed by atoms with Crippen molar-refractivity contribution in [2.24, 2.45) is 5.92 Å². The summed E-state index contributed by atoms with van der Waals surface area (Å²) in [6, 6.07) is 19.7. The molecule has 5 nitrogen and oxygen atoms in total. The van der Waals surface area contributed by atoms with Gasteiger partial charge in [-0.15, -0.1) is 0 Å². The minimum absolute atomic E-state index is 0.243. The fraction of sp³-hybridized carbons (Fsp3) is 0.345. The van der Waals surface area contributed by atoms with Gasteiger partial charge in [0.25, 0.3) is 0 Å². The molecule has 1 N–H and O–H groups in total. The minimum Gasteiger partial charge on any atom is -0.490 e. The summed E-state index contributed by atoms with van der Waals surface area (Å²) in [5.41, 5.74) is 1.40. The van der Waals surface area contributed by atoms with E-state index in [4.69, 9.17) is 9.47 Å². The number of likely N-dealkylation sites (tertiary alicyclic amines) is 1. The Bertz CT molecular complexity index is 1200. The zero-order valence-electron chi connectivity index (χ0n) is 20.6. The largest absolute Gasteiger partial charge is 0.490 e. The molecule has 1 heterocycles. The molecule has 1 fully saturated rings. The number of benzene rings is 3. The van der Waals surface area contributed by atoms with E-state index in [1.165, 1.54) is 6.07 Å². The summed E-state index contributed by atoms with van der Waals surface area (Å²) in [4.78, 5) is 13.7. The van der Waals surface area contributed by atoms with Gasteiger partial charge in [-0.2, -0.15) is 13.2 Å². The van der Waals surface area contributed by atoms with E-state index in [9.17, 15) is 23.1 Å². The number of piperidine rings is 1. The first-order valence-corrected chi connectivity index (χ1v) is 12.3. The highest BCUT2D eigenvalue weighted by atomic mass is 19.4. The van der Waals surface area contributed by atoms with E-state index in [0.717, 1.165) is 17.7 Å². The second kappa shape index (κ2) is 11.7. The molecule has 0 spiro atoms. The Morgan fingerprint density at radius 2 is 1.76 bits per heavy atom. The summed E-state index contributed by atoms with van der Waals surface area (Å²) in [6.45, 7) is 3.38. The number of nitrogens with zero attached hydrogens (tertiary/aromatic N) is 1. The number of aliphatic carboxylic acids is 1. The summed E-state index contributed by atoms with van der Waals surface area (Å²) in [5.74, 6) is -0.465. The van der Waals surface area contributed by atoms with Gasteiger partial charge in [0.1, 0.15) is 6.61 Å². The zero-order chi connectivity index (χ0) is 26.4. The molecule has 0 aromatic heterocycles. The van der Waals surface area contributed by atoms with Gasteiger partial charge in [-0.05, 0) is 67.3 Å². The maximum absolute atomic E-state index is 13.6. The number of ether oxygens (including phenoxy) is 2. The number of hydrogen-bond acceptors (Lipinski definition) is 4. The van der Waals surface area contributed by atoms with E-state index in [1.807, 2.05) is 48.2 Å². The van der Waals surface area contributed by atoms with Crippen LogP contribution in [0.4, 0.5) is 13.2 Å². The average molecular weight is 514 g/mol. The first-order valence-electron chi connectivity index (χ1n) is 12.3. The third kappa shape index (κ3) is 6.63. The van der Waals surface area contributed by atoms with Crippen LogP contribution in [0.25, 0.3) is 0 Å². The van der Waals surface area contributed by atoms with Gasteiger partial charge < -0.3 is 14.6 Å². The lowest BCUT2D eigenvalue weighted by atomic mass is 9.90. The molecule has 0 amide bonds. The molecule has 4 rings (SSSR count). The molecule has 3 aromatic carbocycles. The molecule has 1 saturated heterocycles. The van der Waals surface area contributed by atoms with Gasteiger partial charge in [0.2, 0.25) is 0 Å². The fourth-order valence-corrected chi connectivity index (χ4v) is 4.76. The lowest BCUT2D eigenvalue weighted by Gasteiger charge is -2.38. The van der Waals surface area contributed by atoms with Gasteiger partial charge in [-0.3, -0.25) is 9.69 Å². The highest BCUT2D eigenvalue weighted by molar-refractivity contribution is 5.70. The first-order chi connectivity index (χ1) is 17.8. The molecule has 2 atom stereocenters. The Morgan fingerprint density at radius 3 is 2.46 bits per heavy atom. The smallest absolute Gasteiger partial charge is 0.416 e. The van der Waals surface area contributed by atoms with Crippen LogP contribution in [0.1, 0.15) is 48.1 Å². The molecule has 2 unspecified atom stereocenters. The van der Waals surface area contributed by atoms with Crippen molar-refractivity contribution >= 4 is 5.97 Å². The van der Waals surface area contributed by atoms with Crippen LogP contribution in [0.5, 0.6) is 11.5 Å². The predicted molar refractivity (Wildman–Crippen MR) is 134 cm³/mol. The maximum atomic E-state index is 13.6. The minimum atomic E-state index is -4.49. The monoisotopic (exact) mass is 513 g/mol. The van der Waals surface area contributed by atoms with E-state index in [0.29, 0.717) is 55.2 Å². The number of carbonyl (C=O) groups is 1. The van der Waals surface area contributed by atoms with Crippen LogP contribution in [-0.4, -0.2) is 35.7 Å². The van der Waals surface area contributed by atoms with Crippen LogP contribution in [0.15, 0.2) is 72.8 Å². The van der Waals surface area contributed by atoms with E-state index >= 15 is 0 Å². The van der Waals surface area contributed by atoms with Crippen LogP contribution in [0.3, 0.4) is 0 Å². The van der Waals surface area contributed by atoms with Crippen LogP contribution < -0.4 is 9.47 Å². The number of alkyl halides is 3. The lowest BCUT2D eigenvalue weighted by Crippen LogP contribution is -2.41. The quantitative estimate of drug-likeness (QED) is 0.351. The zero-order valence-corrected chi connectivity index (χ0v) is 20.6. The highest BCUT2D eigenvalue weighted by Gasteiger charge is 2.34. The summed E-state index contributed by atoms with van der Waals surface area (Å²) < 4.78 is 52.5. The van der Waals surface area contributed by atoms with Gasteiger partial charge in [-0.1, -0.05) is 48.5 Å². The second-order valence-electron chi connectivity index (χ2n) is 9.11. The van der Waals surface area contributed by atoms with Crippen molar-refractivity contribution in [1.29, 1.82) is 0 Å². The fourth-order valence-electron chi connectivity index (χ4n) is 4.76. The second-order valence-corrected chi connectivity index (χ2v) is 9.11. The third-order valence-electron chi connectivity index (χ3n) is 6.52.